The number of ether oxygens (including phenoxy) is 1. The second-order valence-corrected chi connectivity index (χ2v) is 7.53. The first-order valence-electron chi connectivity index (χ1n) is 9.58. The molecule has 1 N–H and O–H groups in total. The first kappa shape index (κ1) is 21.5. The fourth-order valence-electron chi connectivity index (χ4n) is 3.59. The monoisotopic (exact) mass is 412 g/mol. The van der Waals surface area contributed by atoms with Crippen molar-refractivity contribution >= 4 is 17.4 Å². The van der Waals surface area contributed by atoms with Gasteiger partial charge in [0, 0.05) is 18.7 Å². The molecule has 1 saturated heterocycles. The van der Waals surface area contributed by atoms with Crippen LogP contribution in [0.4, 0.5) is 4.39 Å². The van der Waals surface area contributed by atoms with E-state index in [4.69, 9.17) is 4.74 Å². The Morgan fingerprint density at radius 2 is 1.83 bits per heavy atom. The van der Waals surface area contributed by atoms with Gasteiger partial charge in [0.15, 0.2) is 0 Å². The second-order valence-electron chi connectivity index (χ2n) is 7.53. The number of hydrogen-bond donors (Lipinski definition) is 1. The summed E-state index contributed by atoms with van der Waals surface area (Å²) in [6.07, 6.45) is 0. The van der Waals surface area contributed by atoms with Gasteiger partial charge in [-0.3, -0.25) is 9.59 Å². The summed E-state index contributed by atoms with van der Waals surface area (Å²) in [5, 5.41) is 11.0. The summed E-state index contributed by atoms with van der Waals surface area (Å²) in [5.41, 5.74) is 1.74. The number of benzene rings is 2. The molecule has 3 rings (SSSR count). The molecule has 0 saturated carbocycles. The van der Waals surface area contributed by atoms with Crippen LogP contribution in [0.25, 0.3) is 5.76 Å². The number of carbonyl (C=O) groups is 2. The Bertz CT molecular complexity index is 999. The summed E-state index contributed by atoms with van der Waals surface area (Å²) < 4.78 is 18.7. The summed E-state index contributed by atoms with van der Waals surface area (Å²) in [4.78, 5) is 29.0. The quantitative estimate of drug-likeness (QED) is 0.449. The number of likely N-dealkylation sites (N-methyl/N-ethyl adjacent to an activating group) is 1. The minimum absolute atomic E-state index is 0.00469. The van der Waals surface area contributed by atoms with Crippen LogP contribution in [-0.4, -0.2) is 60.9 Å². The highest BCUT2D eigenvalue weighted by Gasteiger charge is 2.45. The highest BCUT2D eigenvalue weighted by molar-refractivity contribution is 6.46. The van der Waals surface area contributed by atoms with Crippen molar-refractivity contribution in [2.75, 3.05) is 34.3 Å². The highest BCUT2D eigenvalue weighted by atomic mass is 19.1. The number of nitrogens with zero attached hydrogens (tertiary/aromatic N) is 2. The largest absolute Gasteiger partial charge is 0.507 e. The molecule has 1 aliphatic heterocycles. The van der Waals surface area contributed by atoms with Gasteiger partial charge in [-0.2, -0.15) is 0 Å². The number of halogens is 1. The first-order chi connectivity index (χ1) is 14.2. The fourth-order valence-corrected chi connectivity index (χ4v) is 3.59. The van der Waals surface area contributed by atoms with E-state index in [1.54, 1.807) is 25.3 Å². The highest BCUT2D eigenvalue weighted by Crippen LogP contribution is 2.39. The molecule has 2 aromatic rings. The van der Waals surface area contributed by atoms with Gasteiger partial charge in [0.05, 0.1) is 18.7 Å². The fraction of sp³-hybridized carbons (Fsp3) is 0.304. The van der Waals surface area contributed by atoms with Crippen LogP contribution in [-0.2, 0) is 9.59 Å². The lowest BCUT2D eigenvalue weighted by atomic mass is 9.94. The van der Waals surface area contributed by atoms with E-state index in [-0.39, 0.29) is 17.9 Å². The molecule has 1 aliphatic rings. The smallest absolute Gasteiger partial charge is 0.295 e. The number of ketones is 1. The first-order valence-corrected chi connectivity index (χ1v) is 9.58. The van der Waals surface area contributed by atoms with Gasteiger partial charge in [0.1, 0.15) is 17.3 Å². The van der Waals surface area contributed by atoms with Gasteiger partial charge in [-0.15, -0.1) is 0 Å². The van der Waals surface area contributed by atoms with E-state index in [1.807, 2.05) is 25.9 Å². The van der Waals surface area contributed by atoms with Crippen LogP contribution in [0.2, 0.25) is 0 Å². The molecule has 1 atom stereocenters. The standard InChI is InChI=1S/C23H25FN2O4/c1-14-13-16(7-10-18(14)30-4)21(27)19-20(15-5-8-17(24)9-6-15)26(12-11-25(2)3)23(29)22(19)28/h5-10,13,20,27H,11-12H2,1-4H3/b21-19+/t20-/m0/s1. The summed E-state index contributed by atoms with van der Waals surface area (Å²) in [6, 6.07) is 9.84. The zero-order valence-electron chi connectivity index (χ0n) is 17.5. The molecule has 0 unspecified atom stereocenters. The Morgan fingerprint density at radius 3 is 2.40 bits per heavy atom. The lowest BCUT2D eigenvalue weighted by molar-refractivity contribution is -0.140. The maximum Gasteiger partial charge on any atom is 0.295 e. The molecule has 2 aromatic carbocycles. The lowest BCUT2D eigenvalue weighted by Crippen LogP contribution is -2.35. The Hall–Kier alpha value is -3.19. The minimum atomic E-state index is -0.798. The van der Waals surface area contributed by atoms with Crippen LogP contribution in [0, 0.1) is 12.7 Å². The zero-order chi connectivity index (χ0) is 22.0. The van der Waals surface area contributed by atoms with Crippen molar-refractivity contribution < 1.29 is 23.8 Å². The molecule has 1 amide bonds. The number of aliphatic hydroxyl groups excluding tert-OH is 1. The van der Waals surface area contributed by atoms with E-state index in [0.29, 0.717) is 23.4 Å². The molecule has 0 aromatic heterocycles. The van der Waals surface area contributed by atoms with Gasteiger partial charge in [-0.05, 0) is 62.5 Å². The number of carbonyl (C=O) groups excluding carboxylic acids is 2. The molecule has 0 aliphatic carbocycles. The molecule has 0 spiro atoms. The van der Waals surface area contributed by atoms with Crippen molar-refractivity contribution in [1.82, 2.24) is 9.80 Å². The zero-order valence-corrected chi connectivity index (χ0v) is 17.5. The average Bonchev–Trinajstić information content (AvgIpc) is 2.96. The molecular formula is C23H25FN2O4. The molecule has 30 heavy (non-hydrogen) atoms. The predicted molar refractivity (Wildman–Crippen MR) is 112 cm³/mol. The number of methoxy groups -OCH3 is 1. The number of rotatable bonds is 6. The number of likely N-dealkylation sites (tertiary alicyclic amines) is 1. The summed E-state index contributed by atoms with van der Waals surface area (Å²) in [7, 11) is 5.28. The number of amides is 1. The Morgan fingerprint density at radius 1 is 1.17 bits per heavy atom. The van der Waals surface area contributed by atoms with Crippen molar-refractivity contribution in [1.29, 1.82) is 0 Å². The van der Waals surface area contributed by atoms with Crippen molar-refractivity contribution in [2.45, 2.75) is 13.0 Å². The van der Waals surface area contributed by atoms with Crippen LogP contribution in [0.5, 0.6) is 5.75 Å². The van der Waals surface area contributed by atoms with E-state index >= 15 is 0 Å². The topological polar surface area (TPSA) is 70.1 Å². The van der Waals surface area contributed by atoms with Gasteiger partial charge < -0.3 is 19.6 Å². The van der Waals surface area contributed by atoms with Crippen molar-refractivity contribution in [3.63, 3.8) is 0 Å². The van der Waals surface area contributed by atoms with Crippen LogP contribution < -0.4 is 4.74 Å². The number of aryl methyl sites for hydroxylation is 1. The molecular weight excluding hydrogens is 387 g/mol. The molecule has 6 nitrogen and oxygen atoms in total. The molecule has 1 heterocycles. The van der Waals surface area contributed by atoms with Crippen LogP contribution in [0.3, 0.4) is 0 Å². The molecule has 1 fully saturated rings. The molecule has 7 heteroatoms. The number of aliphatic hydroxyl groups is 1. The Balaban J connectivity index is 2.14. The second kappa shape index (κ2) is 8.67. The van der Waals surface area contributed by atoms with Crippen LogP contribution in [0.1, 0.15) is 22.7 Å². The summed E-state index contributed by atoms with van der Waals surface area (Å²) in [5.74, 6) is -1.48. The lowest BCUT2D eigenvalue weighted by Gasteiger charge is -2.26. The van der Waals surface area contributed by atoms with Crippen LogP contribution >= 0.6 is 0 Å². The van der Waals surface area contributed by atoms with Gasteiger partial charge in [0.25, 0.3) is 11.7 Å². The summed E-state index contributed by atoms with van der Waals surface area (Å²) in [6.45, 7) is 2.65. The van der Waals surface area contributed by atoms with E-state index in [1.165, 1.54) is 29.2 Å². The van der Waals surface area contributed by atoms with Gasteiger partial charge in [-0.1, -0.05) is 12.1 Å². The molecule has 158 valence electrons. The Kier molecular flexibility index (Phi) is 6.22. The van der Waals surface area contributed by atoms with Gasteiger partial charge in [-0.25, -0.2) is 4.39 Å². The average molecular weight is 412 g/mol. The third kappa shape index (κ3) is 4.07. The van der Waals surface area contributed by atoms with Gasteiger partial charge in [0.2, 0.25) is 0 Å². The van der Waals surface area contributed by atoms with Gasteiger partial charge >= 0.3 is 0 Å². The van der Waals surface area contributed by atoms with Crippen molar-refractivity contribution in [3.8, 4) is 5.75 Å². The van der Waals surface area contributed by atoms with E-state index < -0.39 is 23.5 Å². The maximum absolute atomic E-state index is 13.5. The van der Waals surface area contributed by atoms with Crippen LogP contribution in [0.15, 0.2) is 48.0 Å². The van der Waals surface area contributed by atoms with E-state index in [9.17, 15) is 19.1 Å². The number of Topliss-reactive ketones (excluding diaryl/α,β-unsaturated/α-hetero) is 1. The van der Waals surface area contributed by atoms with Crippen molar-refractivity contribution in [3.05, 3.63) is 70.5 Å². The third-order valence-corrected chi connectivity index (χ3v) is 5.18. The minimum Gasteiger partial charge on any atom is -0.507 e. The molecule has 0 bridgehead atoms. The van der Waals surface area contributed by atoms with Crippen molar-refractivity contribution in [2.24, 2.45) is 0 Å². The number of hydrogen-bond acceptors (Lipinski definition) is 5. The molecule has 0 radical (unpaired) electrons. The third-order valence-electron chi connectivity index (χ3n) is 5.18. The maximum atomic E-state index is 13.5. The van der Waals surface area contributed by atoms with E-state index in [0.717, 1.165) is 5.56 Å². The SMILES string of the molecule is COc1ccc(/C(O)=C2\C(=O)C(=O)N(CCN(C)C)[C@H]2c2ccc(F)cc2)cc1C. The summed E-state index contributed by atoms with van der Waals surface area (Å²) >= 11 is 0. The predicted octanol–water partition coefficient (Wildman–Crippen LogP) is 3.13. The normalized spacial score (nSPS) is 18.3. The van der Waals surface area contributed by atoms with E-state index in [2.05, 4.69) is 0 Å². The Labute approximate surface area is 175 Å².